The summed E-state index contributed by atoms with van der Waals surface area (Å²) < 4.78 is 16.1. The van der Waals surface area contributed by atoms with Crippen molar-refractivity contribution in [3.63, 3.8) is 0 Å². The quantitative estimate of drug-likeness (QED) is 0.337. The van der Waals surface area contributed by atoms with Crippen molar-refractivity contribution < 1.29 is 19.0 Å². The van der Waals surface area contributed by atoms with Gasteiger partial charge < -0.3 is 30.2 Å². The van der Waals surface area contributed by atoms with Crippen LogP contribution in [0, 0.1) is 5.92 Å². The molecular weight excluding hydrogens is 286 g/mol. The highest BCUT2D eigenvalue weighted by Crippen LogP contribution is 1.89. The number of nitrogens with one attached hydrogen (secondary N) is 3. The van der Waals surface area contributed by atoms with Gasteiger partial charge in [0.2, 0.25) is 5.91 Å². The molecule has 0 aromatic heterocycles. The molecule has 0 radical (unpaired) electrons. The van der Waals surface area contributed by atoms with Crippen molar-refractivity contribution in [1.29, 1.82) is 0 Å². The minimum atomic E-state index is 0.0235. The molecule has 0 aromatic carbocycles. The van der Waals surface area contributed by atoms with Gasteiger partial charge in [-0.25, -0.2) is 0 Å². The summed E-state index contributed by atoms with van der Waals surface area (Å²) in [4.78, 5) is 11.3. The molecule has 0 fully saturated rings. The summed E-state index contributed by atoms with van der Waals surface area (Å²) in [6.07, 6.45) is 0. The molecule has 132 valence electrons. The summed E-state index contributed by atoms with van der Waals surface area (Å²) >= 11 is 0. The van der Waals surface area contributed by atoms with Crippen LogP contribution in [0.2, 0.25) is 0 Å². The van der Waals surface area contributed by atoms with Crippen LogP contribution >= 0.6 is 0 Å². The molecule has 0 aromatic rings. The maximum absolute atomic E-state index is 11.3. The van der Waals surface area contributed by atoms with Crippen LogP contribution in [0.15, 0.2) is 0 Å². The molecule has 0 aliphatic rings. The van der Waals surface area contributed by atoms with Gasteiger partial charge in [-0.3, -0.25) is 4.79 Å². The lowest BCUT2D eigenvalue weighted by Crippen LogP contribution is -2.31. The molecule has 0 unspecified atom stereocenters. The van der Waals surface area contributed by atoms with Crippen molar-refractivity contribution >= 4 is 5.91 Å². The zero-order valence-electron chi connectivity index (χ0n) is 14.3. The Hall–Kier alpha value is -0.730. The summed E-state index contributed by atoms with van der Waals surface area (Å²) in [6.45, 7) is 10.6. The third kappa shape index (κ3) is 15.7. The van der Waals surface area contributed by atoms with Gasteiger partial charge in [-0.05, 0) is 7.05 Å². The van der Waals surface area contributed by atoms with E-state index in [2.05, 4.69) is 16.0 Å². The van der Waals surface area contributed by atoms with E-state index in [0.717, 1.165) is 19.6 Å². The van der Waals surface area contributed by atoms with E-state index in [9.17, 15) is 4.79 Å². The van der Waals surface area contributed by atoms with Crippen LogP contribution in [0.4, 0.5) is 0 Å². The first kappa shape index (κ1) is 21.3. The monoisotopic (exact) mass is 319 g/mol. The zero-order chi connectivity index (χ0) is 16.5. The van der Waals surface area contributed by atoms with Crippen LogP contribution in [-0.2, 0) is 19.0 Å². The Morgan fingerprint density at radius 2 is 1.32 bits per heavy atom. The van der Waals surface area contributed by atoms with Gasteiger partial charge in [-0.2, -0.15) is 0 Å². The zero-order valence-corrected chi connectivity index (χ0v) is 14.3. The van der Waals surface area contributed by atoms with Crippen LogP contribution in [0.25, 0.3) is 0 Å². The van der Waals surface area contributed by atoms with Crippen molar-refractivity contribution in [3.05, 3.63) is 0 Å². The molecule has 0 saturated carbocycles. The van der Waals surface area contributed by atoms with Crippen LogP contribution < -0.4 is 16.0 Å². The second kappa shape index (κ2) is 16.6. The van der Waals surface area contributed by atoms with E-state index < -0.39 is 0 Å². The largest absolute Gasteiger partial charge is 0.378 e. The maximum atomic E-state index is 11.3. The van der Waals surface area contributed by atoms with Gasteiger partial charge in [0.05, 0.1) is 39.6 Å². The number of hydrogen-bond donors (Lipinski definition) is 3. The van der Waals surface area contributed by atoms with Crippen molar-refractivity contribution in [3.8, 4) is 0 Å². The van der Waals surface area contributed by atoms with Crippen molar-refractivity contribution in [2.24, 2.45) is 5.92 Å². The van der Waals surface area contributed by atoms with E-state index in [0.29, 0.717) is 46.2 Å². The van der Waals surface area contributed by atoms with Crippen LogP contribution in [0.3, 0.4) is 0 Å². The third-order valence-electron chi connectivity index (χ3n) is 2.78. The molecule has 22 heavy (non-hydrogen) atoms. The smallest absolute Gasteiger partial charge is 0.222 e. The van der Waals surface area contributed by atoms with Crippen molar-refractivity contribution in [2.45, 2.75) is 13.8 Å². The Morgan fingerprint density at radius 3 is 1.86 bits per heavy atom. The topological polar surface area (TPSA) is 80.8 Å². The Balaban J connectivity index is 3.04. The number of rotatable bonds is 16. The first-order valence-electron chi connectivity index (χ1n) is 8.04. The van der Waals surface area contributed by atoms with E-state index in [-0.39, 0.29) is 11.8 Å². The SMILES string of the molecule is CNCCOCCOCCNCCOCCNC(=O)C(C)C. The minimum absolute atomic E-state index is 0.0235. The number of ether oxygens (including phenoxy) is 3. The second-order valence-electron chi connectivity index (χ2n) is 5.14. The molecule has 0 atom stereocenters. The molecule has 0 saturated heterocycles. The molecule has 7 nitrogen and oxygen atoms in total. The highest BCUT2D eigenvalue weighted by molar-refractivity contribution is 5.77. The minimum Gasteiger partial charge on any atom is -0.378 e. The van der Waals surface area contributed by atoms with Gasteiger partial charge in [0.15, 0.2) is 0 Å². The standard InChI is InChI=1S/C15H33N3O4/c1-14(2)15(19)18-7-11-20-9-5-17-6-10-22-13-12-21-8-4-16-3/h14,16-17H,4-13H2,1-3H3,(H,18,19). The molecule has 0 rings (SSSR count). The van der Waals surface area contributed by atoms with E-state index >= 15 is 0 Å². The first-order valence-corrected chi connectivity index (χ1v) is 8.04. The van der Waals surface area contributed by atoms with E-state index in [4.69, 9.17) is 14.2 Å². The molecule has 3 N–H and O–H groups in total. The van der Waals surface area contributed by atoms with Crippen LogP contribution in [0.5, 0.6) is 0 Å². The van der Waals surface area contributed by atoms with Gasteiger partial charge >= 0.3 is 0 Å². The molecule has 7 heteroatoms. The molecule has 0 aliphatic heterocycles. The van der Waals surface area contributed by atoms with Gasteiger partial charge in [-0.1, -0.05) is 13.8 Å². The van der Waals surface area contributed by atoms with Gasteiger partial charge in [0.25, 0.3) is 0 Å². The molecule has 0 aliphatic carbocycles. The Bertz CT molecular complexity index is 253. The first-order chi connectivity index (χ1) is 10.7. The third-order valence-corrected chi connectivity index (χ3v) is 2.78. The summed E-state index contributed by atoms with van der Waals surface area (Å²) in [5, 5.41) is 9.04. The Kier molecular flexibility index (Phi) is 16.1. The van der Waals surface area contributed by atoms with Crippen LogP contribution in [0.1, 0.15) is 13.8 Å². The number of carbonyl (C=O) groups is 1. The average molecular weight is 319 g/mol. The van der Waals surface area contributed by atoms with E-state index in [1.54, 1.807) is 0 Å². The van der Waals surface area contributed by atoms with Crippen LogP contribution in [-0.4, -0.2) is 78.8 Å². The second-order valence-corrected chi connectivity index (χ2v) is 5.14. The van der Waals surface area contributed by atoms with Gasteiger partial charge in [0, 0.05) is 32.1 Å². The summed E-state index contributed by atoms with van der Waals surface area (Å²) in [7, 11) is 1.90. The predicted octanol–water partition coefficient (Wildman–Crippen LogP) is -0.383. The Morgan fingerprint density at radius 1 is 0.818 bits per heavy atom. The fraction of sp³-hybridized carbons (Fsp3) is 0.933. The normalized spacial score (nSPS) is 11.1. The number of hydrogen-bond acceptors (Lipinski definition) is 6. The van der Waals surface area contributed by atoms with Gasteiger partial charge in [-0.15, -0.1) is 0 Å². The maximum Gasteiger partial charge on any atom is 0.222 e. The number of likely N-dealkylation sites (N-methyl/N-ethyl adjacent to an activating group) is 1. The van der Waals surface area contributed by atoms with Gasteiger partial charge in [0.1, 0.15) is 0 Å². The summed E-state index contributed by atoms with van der Waals surface area (Å²) in [5.74, 6) is 0.0872. The summed E-state index contributed by atoms with van der Waals surface area (Å²) in [6, 6.07) is 0. The highest BCUT2D eigenvalue weighted by Gasteiger charge is 2.04. The molecule has 0 bridgehead atoms. The molecule has 0 spiro atoms. The fourth-order valence-corrected chi connectivity index (χ4v) is 1.46. The number of carbonyl (C=O) groups excluding carboxylic acids is 1. The lowest BCUT2D eigenvalue weighted by atomic mass is 10.2. The van der Waals surface area contributed by atoms with Crippen molar-refractivity contribution in [2.75, 3.05) is 72.9 Å². The fourth-order valence-electron chi connectivity index (χ4n) is 1.46. The highest BCUT2D eigenvalue weighted by atomic mass is 16.5. The number of amides is 1. The van der Waals surface area contributed by atoms with Crippen molar-refractivity contribution in [1.82, 2.24) is 16.0 Å². The lowest BCUT2D eigenvalue weighted by molar-refractivity contribution is -0.124. The predicted molar refractivity (Wildman–Crippen MR) is 87.1 cm³/mol. The summed E-state index contributed by atoms with van der Waals surface area (Å²) in [5.41, 5.74) is 0. The molecule has 0 heterocycles. The lowest BCUT2D eigenvalue weighted by Gasteiger charge is -2.09. The molecule has 1 amide bonds. The average Bonchev–Trinajstić information content (AvgIpc) is 2.50. The molecular formula is C15H33N3O4. The Labute approximate surface area is 134 Å². The van der Waals surface area contributed by atoms with E-state index in [1.807, 2.05) is 20.9 Å². The van der Waals surface area contributed by atoms with E-state index in [1.165, 1.54) is 0 Å².